The molecule has 4 rings (SSSR count). The number of ether oxygens (including phenoxy) is 2. The highest BCUT2D eigenvalue weighted by atomic mass is 32.2. The molecule has 0 unspecified atom stereocenters. The van der Waals surface area contributed by atoms with E-state index in [0.717, 1.165) is 11.1 Å². The Morgan fingerprint density at radius 2 is 1.85 bits per heavy atom. The predicted molar refractivity (Wildman–Crippen MR) is 93.3 cm³/mol. The number of hydrogen-bond donors (Lipinski definition) is 1. The Labute approximate surface area is 150 Å². The van der Waals surface area contributed by atoms with Gasteiger partial charge in [0, 0.05) is 19.0 Å². The fourth-order valence-electron chi connectivity index (χ4n) is 2.61. The third kappa shape index (κ3) is 3.29. The molecule has 1 aromatic heterocycles. The summed E-state index contributed by atoms with van der Waals surface area (Å²) in [5.74, 6) is 2.44. The highest BCUT2D eigenvalue weighted by Gasteiger charge is 2.17. The number of hydrogen-bond acceptors (Lipinski definition) is 6. The average Bonchev–Trinajstić information content (AvgIpc) is 3.28. The van der Waals surface area contributed by atoms with Gasteiger partial charge in [0.25, 0.3) is 0 Å². The van der Waals surface area contributed by atoms with Gasteiger partial charge in [-0.05, 0) is 42.0 Å². The van der Waals surface area contributed by atoms with Crippen molar-refractivity contribution < 1.29 is 22.3 Å². The number of aryl methyl sites for hydroxylation is 1. The molecule has 1 N–H and O–H groups in total. The summed E-state index contributed by atoms with van der Waals surface area (Å²) >= 11 is 0. The summed E-state index contributed by atoms with van der Waals surface area (Å²) in [7, 11) is -3.63. The maximum absolute atomic E-state index is 12.5. The van der Waals surface area contributed by atoms with E-state index >= 15 is 0 Å². The van der Waals surface area contributed by atoms with Crippen LogP contribution >= 0.6 is 0 Å². The van der Waals surface area contributed by atoms with Crippen molar-refractivity contribution in [3.8, 4) is 22.8 Å². The Morgan fingerprint density at radius 1 is 1.08 bits per heavy atom. The average molecular weight is 372 g/mol. The largest absolute Gasteiger partial charge is 0.454 e. The fourth-order valence-corrected chi connectivity index (χ4v) is 3.62. The number of fused-ring (bicyclic) bond motifs is 1. The molecule has 7 nitrogen and oxygen atoms in total. The minimum Gasteiger partial charge on any atom is -0.454 e. The van der Waals surface area contributed by atoms with E-state index in [0.29, 0.717) is 23.1 Å². The summed E-state index contributed by atoms with van der Waals surface area (Å²) in [5.41, 5.74) is 1.55. The van der Waals surface area contributed by atoms with Crippen LogP contribution in [0.3, 0.4) is 0 Å². The number of sulfonamides is 1. The second-order valence-corrected chi connectivity index (χ2v) is 7.55. The normalized spacial score (nSPS) is 13.1. The topological polar surface area (TPSA) is 90.7 Å². The first-order chi connectivity index (χ1) is 12.5. The van der Waals surface area contributed by atoms with Gasteiger partial charge >= 0.3 is 0 Å². The van der Waals surface area contributed by atoms with Crippen LogP contribution in [0, 0.1) is 6.92 Å². The molecule has 0 spiro atoms. The van der Waals surface area contributed by atoms with Crippen LogP contribution < -0.4 is 14.2 Å². The Morgan fingerprint density at radius 3 is 2.58 bits per heavy atom. The standard InChI is InChI=1S/C18H16N2O5S/c1-12-19-10-18(25-12)14-3-5-15(6-4-14)26(21,22)20-9-13-2-7-16-17(8-13)24-11-23-16/h2-8,10,20H,9,11H2,1H3. The number of benzene rings is 2. The van der Waals surface area contributed by atoms with Crippen LogP contribution in [0.1, 0.15) is 11.5 Å². The lowest BCUT2D eigenvalue weighted by Gasteiger charge is -2.08. The molecule has 0 radical (unpaired) electrons. The van der Waals surface area contributed by atoms with Crippen LogP contribution in [0.25, 0.3) is 11.3 Å². The molecule has 3 aromatic rings. The van der Waals surface area contributed by atoms with Crippen LogP contribution in [0.2, 0.25) is 0 Å². The highest BCUT2D eigenvalue weighted by molar-refractivity contribution is 7.89. The molecule has 0 saturated carbocycles. The molecular formula is C18H16N2O5S. The first kappa shape index (κ1) is 16.6. The van der Waals surface area contributed by atoms with Gasteiger partial charge in [-0.1, -0.05) is 6.07 Å². The van der Waals surface area contributed by atoms with Gasteiger partial charge in [0.1, 0.15) is 0 Å². The molecule has 134 valence electrons. The molecule has 8 heteroatoms. The minimum atomic E-state index is -3.63. The first-order valence-electron chi connectivity index (χ1n) is 7.92. The van der Waals surface area contributed by atoms with Crippen LogP contribution in [-0.2, 0) is 16.6 Å². The van der Waals surface area contributed by atoms with Gasteiger partial charge in [-0.25, -0.2) is 18.1 Å². The van der Waals surface area contributed by atoms with E-state index in [-0.39, 0.29) is 18.2 Å². The van der Waals surface area contributed by atoms with E-state index in [1.54, 1.807) is 43.5 Å². The van der Waals surface area contributed by atoms with Crippen molar-refractivity contribution in [3.63, 3.8) is 0 Å². The Balaban J connectivity index is 1.48. The molecule has 1 aliphatic heterocycles. The summed E-state index contributed by atoms with van der Waals surface area (Å²) in [6.07, 6.45) is 1.61. The van der Waals surface area contributed by atoms with E-state index in [1.807, 2.05) is 0 Å². The molecule has 2 aromatic carbocycles. The van der Waals surface area contributed by atoms with Crippen LogP contribution in [0.4, 0.5) is 0 Å². The molecule has 0 atom stereocenters. The second-order valence-electron chi connectivity index (χ2n) is 5.78. The molecule has 0 fully saturated rings. The third-order valence-electron chi connectivity index (χ3n) is 3.97. The van der Waals surface area contributed by atoms with Crippen molar-refractivity contribution in [2.75, 3.05) is 6.79 Å². The van der Waals surface area contributed by atoms with Crippen LogP contribution in [0.15, 0.2) is 58.0 Å². The maximum atomic E-state index is 12.5. The molecule has 2 heterocycles. The molecular weight excluding hydrogens is 356 g/mol. The lowest BCUT2D eigenvalue weighted by atomic mass is 10.2. The second kappa shape index (κ2) is 6.47. The maximum Gasteiger partial charge on any atom is 0.240 e. The van der Waals surface area contributed by atoms with Crippen molar-refractivity contribution in [1.29, 1.82) is 0 Å². The SMILES string of the molecule is Cc1ncc(-c2ccc(S(=O)(=O)NCc3ccc4c(c3)OCO4)cc2)o1. The predicted octanol–water partition coefficient (Wildman–Crippen LogP) is 2.86. The lowest BCUT2D eigenvalue weighted by Crippen LogP contribution is -2.23. The zero-order valence-corrected chi connectivity index (χ0v) is 14.7. The summed E-state index contributed by atoms with van der Waals surface area (Å²) < 4.78 is 43.5. The summed E-state index contributed by atoms with van der Waals surface area (Å²) in [5, 5.41) is 0. The van der Waals surface area contributed by atoms with Crippen molar-refractivity contribution in [1.82, 2.24) is 9.71 Å². The Bertz CT molecular complexity index is 1040. The van der Waals surface area contributed by atoms with Crippen LogP contribution in [-0.4, -0.2) is 20.2 Å². The van der Waals surface area contributed by atoms with Crippen molar-refractivity contribution in [2.45, 2.75) is 18.4 Å². The zero-order chi connectivity index (χ0) is 18.1. The number of rotatable bonds is 5. The van der Waals surface area contributed by atoms with Gasteiger partial charge in [0.15, 0.2) is 23.1 Å². The summed E-state index contributed by atoms with van der Waals surface area (Å²) in [6.45, 7) is 2.09. The van der Waals surface area contributed by atoms with E-state index in [4.69, 9.17) is 13.9 Å². The van der Waals surface area contributed by atoms with Crippen LogP contribution in [0.5, 0.6) is 11.5 Å². The quantitative estimate of drug-likeness (QED) is 0.741. The highest BCUT2D eigenvalue weighted by Crippen LogP contribution is 2.32. The fraction of sp³-hybridized carbons (Fsp3) is 0.167. The van der Waals surface area contributed by atoms with Gasteiger partial charge in [0.2, 0.25) is 16.8 Å². The molecule has 0 amide bonds. The van der Waals surface area contributed by atoms with Crippen molar-refractivity contribution >= 4 is 10.0 Å². The van der Waals surface area contributed by atoms with Gasteiger partial charge < -0.3 is 13.9 Å². The third-order valence-corrected chi connectivity index (χ3v) is 5.39. The zero-order valence-electron chi connectivity index (χ0n) is 13.9. The summed E-state index contributed by atoms with van der Waals surface area (Å²) in [4.78, 5) is 4.21. The Kier molecular flexibility index (Phi) is 4.14. The number of nitrogens with one attached hydrogen (secondary N) is 1. The smallest absolute Gasteiger partial charge is 0.240 e. The van der Waals surface area contributed by atoms with Crippen molar-refractivity contribution in [2.24, 2.45) is 0 Å². The van der Waals surface area contributed by atoms with Gasteiger partial charge in [-0.3, -0.25) is 0 Å². The molecule has 1 aliphatic rings. The van der Waals surface area contributed by atoms with Gasteiger partial charge in [-0.2, -0.15) is 0 Å². The number of aromatic nitrogens is 1. The summed E-state index contributed by atoms with van der Waals surface area (Å²) in [6, 6.07) is 11.8. The molecule has 0 bridgehead atoms. The Hall–Kier alpha value is -2.84. The van der Waals surface area contributed by atoms with Gasteiger partial charge in [0.05, 0.1) is 11.1 Å². The minimum absolute atomic E-state index is 0.155. The van der Waals surface area contributed by atoms with Crippen molar-refractivity contribution in [3.05, 3.63) is 60.1 Å². The monoisotopic (exact) mass is 372 g/mol. The molecule has 26 heavy (non-hydrogen) atoms. The molecule has 0 aliphatic carbocycles. The molecule has 0 saturated heterocycles. The van der Waals surface area contributed by atoms with E-state index < -0.39 is 10.0 Å². The number of oxazole rings is 1. The lowest BCUT2D eigenvalue weighted by molar-refractivity contribution is 0.174. The number of nitrogens with zero attached hydrogens (tertiary/aromatic N) is 1. The van der Waals surface area contributed by atoms with Gasteiger partial charge in [-0.15, -0.1) is 0 Å². The first-order valence-corrected chi connectivity index (χ1v) is 9.41. The van der Waals surface area contributed by atoms with E-state index in [2.05, 4.69) is 9.71 Å². The van der Waals surface area contributed by atoms with E-state index in [9.17, 15) is 8.42 Å². The van der Waals surface area contributed by atoms with E-state index in [1.165, 1.54) is 12.1 Å².